The van der Waals surface area contributed by atoms with Crippen LogP contribution in [0.25, 0.3) is 0 Å². The molecule has 1 aliphatic carbocycles. The average Bonchev–Trinajstić information content (AvgIpc) is 2.75. The van der Waals surface area contributed by atoms with E-state index in [1.807, 2.05) is 12.1 Å². The highest BCUT2D eigenvalue weighted by Gasteiger charge is 2.22. The van der Waals surface area contributed by atoms with Crippen LogP contribution >= 0.6 is 0 Å². The molecule has 0 spiro atoms. The molecule has 0 saturated heterocycles. The van der Waals surface area contributed by atoms with Crippen molar-refractivity contribution in [2.75, 3.05) is 25.6 Å². The molecule has 2 rings (SSSR count). The molecular formula is C14H22N2O. The summed E-state index contributed by atoms with van der Waals surface area (Å²) in [4.78, 5) is 2.30. The molecule has 2 unspecified atom stereocenters. The van der Waals surface area contributed by atoms with Crippen molar-refractivity contribution in [2.24, 2.45) is 11.7 Å². The zero-order chi connectivity index (χ0) is 12.3. The third kappa shape index (κ3) is 3.13. The van der Waals surface area contributed by atoms with E-state index in [1.165, 1.54) is 18.5 Å². The number of nitrogens with zero attached hydrogens (tertiary/aromatic N) is 1. The van der Waals surface area contributed by atoms with Crippen molar-refractivity contribution in [1.82, 2.24) is 0 Å². The smallest absolute Gasteiger partial charge is 0.120 e. The minimum atomic E-state index is 0.415. The number of nitrogens with two attached hydrogens (primary N) is 1. The van der Waals surface area contributed by atoms with Crippen molar-refractivity contribution in [2.45, 2.75) is 25.3 Å². The summed E-state index contributed by atoms with van der Waals surface area (Å²) < 4.78 is 5.25. The lowest BCUT2D eigenvalue weighted by Crippen LogP contribution is -2.25. The van der Waals surface area contributed by atoms with E-state index in [2.05, 4.69) is 24.1 Å². The fraction of sp³-hybridized carbons (Fsp3) is 0.571. The number of anilines is 1. The van der Waals surface area contributed by atoms with Crippen molar-refractivity contribution in [3.8, 4) is 5.75 Å². The van der Waals surface area contributed by atoms with Crippen LogP contribution in [0, 0.1) is 5.92 Å². The Morgan fingerprint density at radius 1 is 1.41 bits per heavy atom. The van der Waals surface area contributed by atoms with Gasteiger partial charge in [0.25, 0.3) is 0 Å². The number of methoxy groups -OCH3 is 1. The van der Waals surface area contributed by atoms with Crippen molar-refractivity contribution in [3.05, 3.63) is 24.3 Å². The van der Waals surface area contributed by atoms with Gasteiger partial charge in [0.2, 0.25) is 0 Å². The second kappa shape index (κ2) is 5.41. The van der Waals surface area contributed by atoms with Crippen LogP contribution in [0.1, 0.15) is 19.3 Å². The molecule has 3 heteroatoms. The van der Waals surface area contributed by atoms with Gasteiger partial charge in [-0.25, -0.2) is 0 Å². The predicted octanol–water partition coefficient (Wildman–Crippen LogP) is 2.26. The van der Waals surface area contributed by atoms with Gasteiger partial charge in [-0.2, -0.15) is 0 Å². The normalized spacial score (nSPS) is 23.7. The van der Waals surface area contributed by atoms with Gasteiger partial charge in [0.05, 0.1) is 7.11 Å². The van der Waals surface area contributed by atoms with Crippen molar-refractivity contribution in [3.63, 3.8) is 0 Å². The Kier molecular flexibility index (Phi) is 3.89. The topological polar surface area (TPSA) is 38.5 Å². The first kappa shape index (κ1) is 12.2. The summed E-state index contributed by atoms with van der Waals surface area (Å²) in [5.41, 5.74) is 7.16. The van der Waals surface area contributed by atoms with Gasteiger partial charge in [-0.05, 0) is 37.3 Å². The summed E-state index contributed by atoms with van der Waals surface area (Å²) >= 11 is 0. The number of ether oxygens (including phenoxy) is 1. The number of hydrogen-bond acceptors (Lipinski definition) is 3. The fourth-order valence-electron chi connectivity index (χ4n) is 2.62. The quantitative estimate of drug-likeness (QED) is 0.868. The lowest BCUT2D eigenvalue weighted by atomic mass is 10.1. The summed E-state index contributed by atoms with van der Waals surface area (Å²) in [7, 11) is 3.84. The summed E-state index contributed by atoms with van der Waals surface area (Å²) in [6, 6.07) is 8.62. The first-order valence-electron chi connectivity index (χ1n) is 6.30. The largest absolute Gasteiger partial charge is 0.497 e. The van der Waals surface area contributed by atoms with Gasteiger partial charge < -0.3 is 15.4 Å². The molecule has 0 amide bonds. The summed E-state index contributed by atoms with van der Waals surface area (Å²) in [6.45, 7) is 1.08. The lowest BCUT2D eigenvalue weighted by molar-refractivity contribution is 0.414. The summed E-state index contributed by atoms with van der Waals surface area (Å²) in [6.07, 6.45) is 3.60. The molecule has 0 aliphatic heterocycles. The maximum absolute atomic E-state index is 5.95. The van der Waals surface area contributed by atoms with Gasteiger partial charge in [-0.15, -0.1) is 0 Å². The van der Waals surface area contributed by atoms with E-state index in [0.29, 0.717) is 6.04 Å². The van der Waals surface area contributed by atoms with Gasteiger partial charge in [0, 0.05) is 31.4 Å². The number of benzene rings is 1. The Morgan fingerprint density at radius 2 is 2.24 bits per heavy atom. The van der Waals surface area contributed by atoms with Crippen LogP contribution in [0.2, 0.25) is 0 Å². The van der Waals surface area contributed by atoms with Gasteiger partial charge in [-0.1, -0.05) is 6.07 Å². The second-order valence-corrected chi connectivity index (χ2v) is 5.02. The molecule has 1 aromatic carbocycles. The highest BCUT2D eigenvalue weighted by atomic mass is 16.5. The molecule has 2 atom stereocenters. The predicted molar refractivity (Wildman–Crippen MR) is 71.6 cm³/mol. The van der Waals surface area contributed by atoms with Crippen LogP contribution in [-0.4, -0.2) is 26.7 Å². The van der Waals surface area contributed by atoms with Crippen LogP contribution in [0.3, 0.4) is 0 Å². The SMILES string of the molecule is COc1cccc(N(C)CC2CCC(N)C2)c1. The molecule has 94 valence electrons. The molecule has 0 aromatic heterocycles. The minimum Gasteiger partial charge on any atom is -0.497 e. The zero-order valence-corrected chi connectivity index (χ0v) is 10.7. The third-order valence-electron chi connectivity index (χ3n) is 3.61. The molecule has 0 bridgehead atoms. The van der Waals surface area contributed by atoms with Gasteiger partial charge in [0.1, 0.15) is 5.75 Å². The standard InChI is InChI=1S/C14H22N2O/c1-16(10-11-6-7-12(15)8-11)13-4-3-5-14(9-13)17-2/h3-5,9,11-12H,6-8,10,15H2,1-2H3. The molecule has 0 heterocycles. The first-order chi connectivity index (χ1) is 8.19. The molecule has 0 radical (unpaired) electrons. The maximum Gasteiger partial charge on any atom is 0.120 e. The van der Waals surface area contributed by atoms with Crippen LogP contribution < -0.4 is 15.4 Å². The number of hydrogen-bond donors (Lipinski definition) is 1. The molecule has 1 saturated carbocycles. The molecule has 1 aliphatic rings. The second-order valence-electron chi connectivity index (χ2n) is 5.02. The van der Waals surface area contributed by atoms with E-state index < -0.39 is 0 Å². The first-order valence-corrected chi connectivity index (χ1v) is 6.30. The van der Waals surface area contributed by atoms with Crippen LogP contribution in [0.4, 0.5) is 5.69 Å². The minimum absolute atomic E-state index is 0.415. The Bertz CT molecular complexity index is 367. The van der Waals surface area contributed by atoms with E-state index in [0.717, 1.165) is 24.6 Å². The molecular weight excluding hydrogens is 212 g/mol. The number of rotatable bonds is 4. The Balaban J connectivity index is 1.96. The van der Waals surface area contributed by atoms with E-state index in [1.54, 1.807) is 7.11 Å². The van der Waals surface area contributed by atoms with Crippen LogP contribution in [-0.2, 0) is 0 Å². The highest BCUT2D eigenvalue weighted by Crippen LogP contribution is 2.27. The third-order valence-corrected chi connectivity index (χ3v) is 3.61. The molecule has 17 heavy (non-hydrogen) atoms. The van der Waals surface area contributed by atoms with Crippen molar-refractivity contribution < 1.29 is 4.74 Å². The van der Waals surface area contributed by atoms with Crippen molar-refractivity contribution >= 4 is 5.69 Å². The van der Waals surface area contributed by atoms with Crippen LogP contribution in [0.5, 0.6) is 5.75 Å². The molecule has 1 fully saturated rings. The highest BCUT2D eigenvalue weighted by molar-refractivity contribution is 5.50. The summed E-state index contributed by atoms with van der Waals surface area (Å²) in [5, 5.41) is 0. The Hall–Kier alpha value is -1.22. The van der Waals surface area contributed by atoms with Crippen molar-refractivity contribution in [1.29, 1.82) is 0 Å². The lowest BCUT2D eigenvalue weighted by Gasteiger charge is -2.23. The van der Waals surface area contributed by atoms with Crippen LogP contribution in [0.15, 0.2) is 24.3 Å². The molecule has 3 nitrogen and oxygen atoms in total. The van der Waals surface area contributed by atoms with E-state index >= 15 is 0 Å². The van der Waals surface area contributed by atoms with Gasteiger partial charge >= 0.3 is 0 Å². The Morgan fingerprint density at radius 3 is 2.88 bits per heavy atom. The average molecular weight is 234 g/mol. The van der Waals surface area contributed by atoms with E-state index in [-0.39, 0.29) is 0 Å². The zero-order valence-electron chi connectivity index (χ0n) is 10.7. The van der Waals surface area contributed by atoms with E-state index in [9.17, 15) is 0 Å². The van der Waals surface area contributed by atoms with E-state index in [4.69, 9.17) is 10.5 Å². The molecule has 2 N–H and O–H groups in total. The summed E-state index contributed by atoms with van der Waals surface area (Å²) in [5.74, 6) is 1.65. The molecule has 1 aromatic rings. The van der Waals surface area contributed by atoms with Gasteiger partial charge in [-0.3, -0.25) is 0 Å². The Labute approximate surface area is 104 Å². The maximum atomic E-state index is 5.95. The monoisotopic (exact) mass is 234 g/mol. The van der Waals surface area contributed by atoms with Gasteiger partial charge in [0.15, 0.2) is 0 Å². The fourth-order valence-corrected chi connectivity index (χ4v) is 2.62.